The molecule has 0 unspecified atom stereocenters. The molecule has 3 nitrogen and oxygen atoms in total. The van der Waals surface area contributed by atoms with Gasteiger partial charge in [-0.25, -0.2) is 0 Å². The van der Waals surface area contributed by atoms with Gasteiger partial charge in [0.15, 0.2) is 0 Å². The fraction of sp³-hybridized carbons (Fsp3) is 0.127. The number of allylic oxidation sites excluding steroid dienone is 2. The van der Waals surface area contributed by atoms with Gasteiger partial charge in [-0.3, -0.25) is 0 Å². The average molecular weight is 755 g/mol. The second-order valence-electron chi connectivity index (χ2n) is 14.7. The molecule has 286 valence electrons. The minimum atomic E-state index is 0.673. The van der Waals surface area contributed by atoms with Crippen LogP contribution in [0.15, 0.2) is 207 Å². The van der Waals surface area contributed by atoms with Crippen LogP contribution in [0.2, 0.25) is 0 Å². The third-order valence-corrected chi connectivity index (χ3v) is 10.8. The van der Waals surface area contributed by atoms with Crippen molar-refractivity contribution in [2.45, 2.75) is 38.5 Å². The lowest BCUT2D eigenvalue weighted by Crippen LogP contribution is -2.11. The smallest absolute Gasteiger partial charge is 0.119 e. The lowest BCUT2D eigenvalue weighted by molar-refractivity contribution is 0.312. The van der Waals surface area contributed by atoms with Crippen LogP contribution < -0.4 is 14.5 Å². The molecular formula is C55H50N2O. The number of anilines is 6. The first kappa shape index (κ1) is 38.1. The highest BCUT2D eigenvalue weighted by atomic mass is 16.5. The molecule has 0 fully saturated rings. The minimum Gasteiger partial charge on any atom is -0.494 e. The highest BCUT2D eigenvalue weighted by Gasteiger charge is 2.18. The Morgan fingerprint density at radius 3 is 1.34 bits per heavy atom. The van der Waals surface area contributed by atoms with Crippen molar-refractivity contribution >= 4 is 55.7 Å². The summed E-state index contributed by atoms with van der Waals surface area (Å²) in [5.41, 5.74) is 10.4. The summed E-state index contributed by atoms with van der Waals surface area (Å²) >= 11 is 0. The Hall–Kier alpha value is -6.84. The van der Waals surface area contributed by atoms with E-state index in [0.717, 1.165) is 76.7 Å². The molecule has 3 heteroatoms. The number of unbranched alkanes of at least 4 members (excludes halogenated alkanes) is 3. The van der Waals surface area contributed by atoms with Crippen LogP contribution in [-0.4, -0.2) is 6.61 Å². The van der Waals surface area contributed by atoms with Crippen molar-refractivity contribution in [3.63, 3.8) is 0 Å². The van der Waals surface area contributed by atoms with Crippen LogP contribution in [0.25, 0.3) is 32.7 Å². The van der Waals surface area contributed by atoms with Crippen molar-refractivity contribution in [1.29, 1.82) is 0 Å². The summed E-state index contributed by atoms with van der Waals surface area (Å²) < 4.78 is 6.03. The van der Waals surface area contributed by atoms with Crippen LogP contribution >= 0.6 is 0 Å². The van der Waals surface area contributed by atoms with Gasteiger partial charge in [-0.05, 0) is 139 Å². The van der Waals surface area contributed by atoms with Gasteiger partial charge in [0, 0.05) is 33.5 Å². The maximum atomic E-state index is 6.03. The largest absolute Gasteiger partial charge is 0.494 e. The van der Waals surface area contributed by atoms with E-state index in [-0.39, 0.29) is 0 Å². The molecule has 0 N–H and O–H groups in total. The number of hydrogen-bond acceptors (Lipinski definition) is 3. The number of hydrogen-bond donors (Lipinski definition) is 0. The molecule has 0 saturated carbocycles. The molecule has 8 aromatic rings. The number of nitrogens with zero attached hydrogens (tertiary/aromatic N) is 2. The molecule has 0 heterocycles. The van der Waals surface area contributed by atoms with Gasteiger partial charge < -0.3 is 14.5 Å². The second-order valence-corrected chi connectivity index (χ2v) is 14.7. The molecule has 0 saturated heterocycles. The van der Waals surface area contributed by atoms with E-state index in [1.807, 2.05) is 12.2 Å². The quantitative estimate of drug-likeness (QED) is 0.0680. The molecule has 0 aromatic heterocycles. The van der Waals surface area contributed by atoms with E-state index < -0.39 is 0 Å². The Balaban J connectivity index is 1.10. The summed E-state index contributed by atoms with van der Waals surface area (Å²) in [6.07, 6.45) is 10.3. The Morgan fingerprint density at radius 1 is 0.414 bits per heavy atom. The minimum absolute atomic E-state index is 0.673. The number of rotatable bonds is 17. The van der Waals surface area contributed by atoms with Gasteiger partial charge in [0.1, 0.15) is 5.75 Å². The topological polar surface area (TPSA) is 15.7 Å². The molecule has 8 aromatic carbocycles. The molecule has 0 amide bonds. The number of fused-ring (bicyclic) bond motifs is 2. The summed E-state index contributed by atoms with van der Waals surface area (Å²) in [5, 5.41) is 4.85. The van der Waals surface area contributed by atoms with Gasteiger partial charge in [-0.1, -0.05) is 121 Å². The van der Waals surface area contributed by atoms with Gasteiger partial charge in [0.2, 0.25) is 0 Å². The Bertz CT molecular complexity index is 2400. The molecule has 0 aliphatic rings. The third kappa shape index (κ3) is 8.60. The monoisotopic (exact) mass is 754 g/mol. The molecule has 8 rings (SSSR count). The zero-order valence-electron chi connectivity index (χ0n) is 33.1. The molecule has 0 atom stereocenters. The molecule has 0 spiro atoms. The van der Waals surface area contributed by atoms with Crippen molar-refractivity contribution in [1.82, 2.24) is 0 Å². The van der Waals surface area contributed by atoms with Crippen LogP contribution in [0.1, 0.15) is 37.7 Å². The predicted molar refractivity (Wildman–Crippen MR) is 249 cm³/mol. The maximum Gasteiger partial charge on any atom is 0.119 e. The van der Waals surface area contributed by atoms with E-state index in [0.29, 0.717) is 6.61 Å². The molecule has 0 aliphatic heterocycles. The Kier molecular flexibility index (Phi) is 12.1. The summed E-state index contributed by atoms with van der Waals surface area (Å²) in [6.45, 7) is 8.37. The first-order chi connectivity index (χ1) is 28.7. The van der Waals surface area contributed by atoms with E-state index in [1.54, 1.807) is 0 Å². The Morgan fingerprint density at radius 2 is 0.845 bits per heavy atom. The highest BCUT2D eigenvalue weighted by Crippen LogP contribution is 2.42. The summed E-state index contributed by atoms with van der Waals surface area (Å²) in [4.78, 5) is 4.72. The van der Waals surface area contributed by atoms with Gasteiger partial charge >= 0.3 is 0 Å². The number of ether oxygens (including phenoxy) is 1. The summed E-state index contributed by atoms with van der Waals surface area (Å²) in [5.74, 6) is 0.871. The lowest BCUT2D eigenvalue weighted by Gasteiger charge is -2.28. The number of aryl methyl sites for hydroxylation is 1. The van der Waals surface area contributed by atoms with Crippen molar-refractivity contribution in [3.05, 3.63) is 213 Å². The second kappa shape index (κ2) is 18.4. The van der Waals surface area contributed by atoms with Gasteiger partial charge in [0.25, 0.3) is 0 Å². The third-order valence-electron chi connectivity index (χ3n) is 10.8. The normalized spacial score (nSPS) is 11.0. The van der Waals surface area contributed by atoms with Crippen molar-refractivity contribution in [2.75, 3.05) is 16.4 Å². The molecule has 0 bridgehead atoms. The SMILES string of the molecule is C=CCCCCc1ccc(N(c2ccc(-c3ccc(N(c4ccc(OCCCC=C)cc4)c4cccc5ccccc45)cc3)cc2)c2cccc3ccccc23)cc1. The zero-order valence-corrected chi connectivity index (χ0v) is 33.1. The van der Waals surface area contributed by atoms with E-state index in [4.69, 9.17) is 4.74 Å². The van der Waals surface area contributed by atoms with Crippen molar-refractivity contribution in [3.8, 4) is 16.9 Å². The first-order valence-electron chi connectivity index (χ1n) is 20.5. The van der Waals surface area contributed by atoms with Crippen LogP contribution in [0.4, 0.5) is 34.1 Å². The maximum absolute atomic E-state index is 6.03. The fourth-order valence-corrected chi connectivity index (χ4v) is 7.81. The van der Waals surface area contributed by atoms with Crippen LogP contribution in [0.3, 0.4) is 0 Å². The number of benzene rings is 8. The van der Waals surface area contributed by atoms with E-state index in [2.05, 4.69) is 205 Å². The molecule has 0 radical (unpaired) electrons. The first-order valence-corrected chi connectivity index (χ1v) is 20.5. The fourth-order valence-electron chi connectivity index (χ4n) is 7.81. The van der Waals surface area contributed by atoms with Gasteiger partial charge in [-0.15, -0.1) is 13.2 Å². The Labute approximate surface area is 343 Å². The summed E-state index contributed by atoms with van der Waals surface area (Å²) in [6, 6.07) is 65.8. The van der Waals surface area contributed by atoms with Gasteiger partial charge in [-0.2, -0.15) is 0 Å². The van der Waals surface area contributed by atoms with E-state index >= 15 is 0 Å². The van der Waals surface area contributed by atoms with Crippen molar-refractivity contribution in [2.24, 2.45) is 0 Å². The van der Waals surface area contributed by atoms with Crippen LogP contribution in [0.5, 0.6) is 5.75 Å². The van der Waals surface area contributed by atoms with Crippen molar-refractivity contribution < 1.29 is 4.74 Å². The van der Waals surface area contributed by atoms with Gasteiger partial charge in [0.05, 0.1) is 18.0 Å². The predicted octanol–water partition coefficient (Wildman–Crippen LogP) is 15.8. The molecule has 0 aliphatic carbocycles. The zero-order chi connectivity index (χ0) is 39.5. The van der Waals surface area contributed by atoms with Crippen LogP contribution in [0, 0.1) is 0 Å². The standard InChI is InChI=1S/C55H50N2O/c1-3-5-7-8-16-42-25-31-47(32-26-42)56(54-23-14-19-45-17-9-11-21-52(45)54)48-33-27-43(28-34-48)44-29-35-49(36-30-44)57(55-24-15-20-46-18-10-12-22-53(46)55)50-37-39-51(40-38-50)58-41-13-6-4-2/h3-4,9-12,14-15,17-40H,1-2,5-8,13,16,41H2. The highest BCUT2D eigenvalue weighted by molar-refractivity contribution is 6.00. The summed E-state index contributed by atoms with van der Waals surface area (Å²) in [7, 11) is 0. The lowest BCUT2D eigenvalue weighted by atomic mass is 10.0. The van der Waals surface area contributed by atoms with E-state index in [1.165, 1.54) is 39.9 Å². The molecule has 58 heavy (non-hydrogen) atoms. The molecular weight excluding hydrogens is 705 g/mol. The van der Waals surface area contributed by atoms with Crippen LogP contribution in [-0.2, 0) is 6.42 Å². The average Bonchev–Trinajstić information content (AvgIpc) is 3.28. The van der Waals surface area contributed by atoms with E-state index in [9.17, 15) is 0 Å².